The summed E-state index contributed by atoms with van der Waals surface area (Å²) in [7, 11) is -4.45. The van der Waals surface area contributed by atoms with Crippen LogP contribution in [0.15, 0.2) is 0 Å². The van der Waals surface area contributed by atoms with Crippen molar-refractivity contribution >= 4 is 22.0 Å². The molecule has 0 saturated heterocycles. The van der Waals surface area contributed by atoms with E-state index in [4.69, 9.17) is 8.74 Å². The average molecular weight is 413 g/mol. The number of hydrogen-bond donors (Lipinski definition) is 1. The molecule has 158 valence electrons. The molecular formula is C21H32O6S. The minimum absolute atomic E-state index is 0.00159. The van der Waals surface area contributed by atoms with Gasteiger partial charge in [0.05, 0.1) is 6.10 Å². The summed E-state index contributed by atoms with van der Waals surface area (Å²) in [6.07, 6.45) is 5.70. The van der Waals surface area contributed by atoms with Gasteiger partial charge >= 0.3 is 10.4 Å². The van der Waals surface area contributed by atoms with Crippen molar-refractivity contribution in [2.75, 3.05) is 0 Å². The summed E-state index contributed by atoms with van der Waals surface area (Å²) < 4.78 is 36.1. The molecule has 8 atom stereocenters. The Bertz CT molecular complexity index is 791. The molecule has 4 fully saturated rings. The Kier molecular flexibility index (Phi) is 4.83. The molecule has 6 nitrogen and oxygen atoms in total. The smallest absolute Gasteiger partial charge is 0.300 e. The molecule has 0 unspecified atom stereocenters. The largest absolute Gasteiger partial charge is 0.397 e. The highest BCUT2D eigenvalue weighted by molar-refractivity contribution is 7.80. The topological polar surface area (TPSA) is 97.7 Å². The number of ketones is 2. The van der Waals surface area contributed by atoms with Crippen LogP contribution in [0.2, 0.25) is 0 Å². The van der Waals surface area contributed by atoms with Gasteiger partial charge in [-0.3, -0.25) is 14.1 Å². The van der Waals surface area contributed by atoms with Gasteiger partial charge in [0.25, 0.3) is 0 Å². The molecule has 0 bridgehead atoms. The molecule has 0 heterocycles. The van der Waals surface area contributed by atoms with Crippen LogP contribution < -0.4 is 0 Å². The molecule has 0 aromatic heterocycles. The highest BCUT2D eigenvalue weighted by Gasteiger charge is 2.63. The van der Waals surface area contributed by atoms with Gasteiger partial charge in [-0.15, -0.1) is 0 Å². The summed E-state index contributed by atoms with van der Waals surface area (Å²) in [4.78, 5) is 25.7. The number of fused-ring (bicyclic) bond motifs is 5. The monoisotopic (exact) mass is 412 g/mol. The summed E-state index contributed by atoms with van der Waals surface area (Å²) in [6.45, 7) is 6.04. The van der Waals surface area contributed by atoms with Crippen molar-refractivity contribution in [3.8, 4) is 0 Å². The lowest BCUT2D eigenvalue weighted by Crippen LogP contribution is -2.58. The van der Waals surface area contributed by atoms with E-state index in [2.05, 4.69) is 13.8 Å². The van der Waals surface area contributed by atoms with Crippen LogP contribution in [-0.2, 0) is 24.2 Å². The Morgan fingerprint density at radius 3 is 2.46 bits per heavy atom. The molecule has 0 aliphatic heterocycles. The van der Waals surface area contributed by atoms with Crippen LogP contribution in [-0.4, -0.2) is 30.6 Å². The van der Waals surface area contributed by atoms with Crippen molar-refractivity contribution in [1.29, 1.82) is 0 Å². The maximum atomic E-state index is 13.4. The van der Waals surface area contributed by atoms with Gasteiger partial charge < -0.3 is 0 Å². The van der Waals surface area contributed by atoms with Crippen LogP contribution in [0.4, 0.5) is 0 Å². The maximum absolute atomic E-state index is 13.4. The molecule has 1 N–H and O–H groups in total. The third-order valence-electron chi connectivity index (χ3n) is 9.05. The van der Waals surface area contributed by atoms with Crippen LogP contribution in [0.1, 0.15) is 72.1 Å². The highest BCUT2D eigenvalue weighted by Crippen LogP contribution is 2.66. The molecule has 7 heteroatoms. The quantitative estimate of drug-likeness (QED) is 0.711. The number of carbonyl (C=O) groups excluding carboxylic acids is 2. The SMILES string of the molecule is CC(=O)[C@H]1CC[C@H]2[C@@H]3CC[C@H]4C[C@H](OS(=O)(=O)O)CC[C@]4(C)[C@H]3C(=O)C[C@]12C. The Morgan fingerprint density at radius 2 is 1.82 bits per heavy atom. The lowest BCUT2D eigenvalue weighted by molar-refractivity contribution is -0.161. The molecule has 0 aromatic carbocycles. The second kappa shape index (κ2) is 6.61. The average Bonchev–Trinajstić information content (AvgIpc) is 2.90. The van der Waals surface area contributed by atoms with Gasteiger partial charge in [0.15, 0.2) is 0 Å². The Morgan fingerprint density at radius 1 is 1.11 bits per heavy atom. The first kappa shape index (κ1) is 20.5. The minimum atomic E-state index is -4.45. The molecule has 0 spiro atoms. The van der Waals surface area contributed by atoms with E-state index in [9.17, 15) is 18.0 Å². The van der Waals surface area contributed by atoms with Gasteiger partial charge in [0.2, 0.25) is 0 Å². The molecule has 0 aromatic rings. The molecule has 4 saturated carbocycles. The lowest BCUT2D eigenvalue weighted by atomic mass is 9.44. The van der Waals surface area contributed by atoms with Gasteiger partial charge in [0, 0.05) is 18.3 Å². The van der Waals surface area contributed by atoms with E-state index in [1.165, 1.54) is 0 Å². The number of rotatable bonds is 3. The van der Waals surface area contributed by atoms with E-state index in [0.29, 0.717) is 36.9 Å². The van der Waals surface area contributed by atoms with Gasteiger partial charge in [0.1, 0.15) is 11.6 Å². The van der Waals surface area contributed by atoms with Gasteiger partial charge in [-0.05, 0) is 80.5 Å². The van der Waals surface area contributed by atoms with E-state index in [1.54, 1.807) is 6.92 Å². The molecule has 4 rings (SSSR count). The summed E-state index contributed by atoms with van der Waals surface area (Å²) in [5.41, 5.74) is -0.340. The van der Waals surface area contributed by atoms with Crippen molar-refractivity contribution in [3.63, 3.8) is 0 Å². The molecule has 0 radical (unpaired) electrons. The molecular weight excluding hydrogens is 380 g/mol. The zero-order valence-corrected chi connectivity index (χ0v) is 17.8. The molecule has 4 aliphatic carbocycles. The van der Waals surface area contributed by atoms with Gasteiger partial charge in [-0.1, -0.05) is 13.8 Å². The zero-order valence-electron chi connectivity index (χ0n) is 17.0. The predicted octanol–water partition coefficient (Wildman–Crippen LogP) is 3.60. The fourth-order valence-corrected chi connectivity index (χ4v) is 8.48. The summed E-state index contributed by atoms with van der Waals surface area (Å²) in [5.74, 6) is 1.52. The fraction of sp³-hybridized carbons (Fsp3) is 0.905. The van der Waals surface area contributed by atoms with Crippen molar-refractivity contribution in [3.05, 3.63) is 0 Å². The van der Waals surface area contributed by atoms with Crippen LogP contribution in [0.5, 0.6) is 0 Å². The van der Waals surface area contributed by atoms with E-state index >= 15 is 0 Å². The second-order valence-corrected chi connectivity index (χ2v) is 11.4. The van der Waals surface area contributed by atoms with Crippen molar-refractivity contribution < 1.29 is 26.7 Å². The van der Waals surface area contributed by atoms with E-state index in [0.717, 1.165) is 32.1 Å². The van der Waals surface area contributed by atoms with Crippen molar-refractivity contribution in [1.82, 2.24) is 0 Å². The molecule has 0 amide bonds. The molecule has 4 aliphatic rings. The maximum Gasteiger partial charge on any atom is 0.397 e. The first-order valence-corrected chi connectivity index (χ1v) is 12.0. The number of carbonyl (C=O) groups is 2. The number of Topliss-reactive ketones (excluding diaryl/α,β-unsaturated/α-hetero) is 2. The van der Waals surface area contributed by atoms with E-state index < -0.39 is 16.5 Å². The van der Waals surface area contributed by atoms with Crippen molar-refractivity contribution in [2.24, 2.45) is 40.4 Å². The first-order chi connectivity index (χ1) is 13.0. The highest BCUT2D eigenvalue weighted by atomic mass is 32.3. The lowest BCUT2D eigenvalue weighted by Gasteiger charge is -2.59. The third-order valence-corrected chi connectivity index (χ3v) is 9.56. The first-order valence-electron chi connectivity index (χ1n) is 10.6. The Hall–Kier alpha value is -0.790. The normalized spacial score (nSPS) is 48.5. The van der Waals surface area contributed by atoms with Gasteiger partial charge in [-0.25, -0.2) is 4.18 Å². The van der Waals surface area contributed by atoms with Gasteiger partial charge in [-0.2, -0.15) is 8.42 Å². The van der Waals surface area contributed by atoms with Crippen molar-refractivity contribution in [2.45, 2.75) is 78.2 Å². The summed E-state index contributed by atoms with van der Waals surface area (Å²) in [6, 6.07) is 0. The van der Waals surface area contributed by atoms with Crippen LogP contribution >= 0.6 is 0 Å². The minimum Gasteiger partial charge on any atom is -0.300 e. The number of hydrogen-bond acceptors (Lipinski definition) is 5. The summed E-state index contributed by atoms with van der Waals surface area (Å²) in [5, 5.41) is 0. The Labute approximate surface area is 167 Å². The zero-order chi connectivity index (χ0) is 20.5. The van der Waals surface area contributed by atoms with Crippen LogP contribution in [0.3, 0.4) is 0 Å². The molecule has 28 heavy (non-hydrogen) atoms. The second-order valence-electron chi connectivity index (χ2n) is 10.3. The third kappa shape index (κ3) is 3.08. The van der Waals surface area contributed by atoms with E-state index in [-0.39, 0.29) is 34.4 Å². The predicted molar refractivity (Wildman–Crippen MR) is 103 cm³/mol. The van der Waals surface area contributed by atoms with E-state index in [1.807, 2.05) is 0 Å². The fourth-order valence-electron chi connectivity index (χ4n) is 7.96. The summed E-state index contributed by atoms with van der Waals surface area (Å²) >= 11 is 0. The standard InChI is InChI=1S/C21H32O6S/c1-12(22)16-6-7-17-15-5-4-13-10-14(27-28(24,25)26)8-9-20(13,2)19(15)18(23)11-21(16,17)3/h13-17,19H,4-11H2,1-3H3,(H,24,25,26)/t13-,14+,15-,16+,17-,19+,20-,21+/m0/s1. The van der Waals surface area contributed by atoms with Crippen LogP contribution in [0.25, 0.3) is 0 Å². The Balaban J connectivity index is 1.59. The van der Waals surface area contributed by atoms with Crippen LogP contribution in [0, 0.1) is 40.4 Å².